The van der Waals surface area contributed by atoms with Gasteiger partial charge in [-0.05, 0) is 60.5 Å². The molecule has 0 bridgehead atoms. The zero-order valence-corrected chi connectivity index (χ0v) is 17.8. The molecule has 0 aromatic carbocycles. The highest BCUT2D eigenvalue weighted by Crippen LogP contribution is 2.44. The Hall–Kier alpha value is -2.40. The highest BCUT2D eigenvalue weighted by Gasteiger charge is 2.48. The first kappa shape index (κ1) is 23.6. The fourth-order valence-electron chi connectivity index (χ4n) is 2.86. The number of allylic oxidation sites excluding steroid dienone is 7. The Balaban J connectivity index is 3.60. The van der Waals surface area contributed by atoms with E-state index in [0.717, 1.165) is 16.7 Å². The fourth-order valence-corrected chi connectivity index (χ4v) is 2.86. The molecule has 0 unspecified atom stereocenters. The molecule has 2 N–H and O–H groups in total. The van der Waals surface area contributed by atoms with E-state index in [0.29, 0.717) is 18.6 Å². The predicted molar refractivity (Wildman–Crippen MR) is 111 cm³/mol. The van der Waals surface area contributed by atoms with Gasteiger partial charge in [-0.3, -0.25) is 9.59 Å². The lowest BCUT2D eigenvalue weighted by Crippen LogP contribution is -2.40. The standard InChI is InChI=1S/C23H32O5/c1-15(2)7-10-23(11-8-16(3)4)20(28-12-9-17(5)6)13-18(25)21(22(23)27)19(26)14-24/h7-9,13,24-25H,10-12,14H2,1-6H3. The van der Waals surface area contributed by atoms with Crippen LogP contribution >= 0.6 is 0 Å². The molecule has 0 radical (unpaired) electrons. The number of carbonyl (C=O) groups is 2. The SMILES string of the molecule is CC(C)=CCOC1=CC(O)=C(C(=O)CO)C(=O)C1(CC=C(C)C)CC=C(C)C. The van der Waals surface area contributed by atoms with Crippen molar-refractivity contribution in [1.29, 1.82) is 0 Å². The summed E-state index contributed by atoms with van der Waals surface area (Å²) >= 11 is 0. The third-order valence-corrected chi connectivity index (χ3v) is 4.53. The third-order valence-electron chi connectivity index (χ3n) is 4.53. The van der Waals surface area contributed by atoms with Crippen LogP contribution in [0.25, 0.3) is 0 Å². The number of Topliss-reactive ketones (excluding diaryl/α,β-unsaturated/α-hetero) is 2. The first-order valence-corrected chi connectivity index (χ1v) is 9.42. The van der Waals surface area contributed by atoms with Crippen molar-refractivity contribution in [1.82, 2.24) is 0 Å². The van der Waals surface area contributed by atoms with Crippen LogP contribution in [-0.4, -0.2) is 35.0 Å². The molecule has 0 saturated heterocycles. The largest absolute Gasteiger partial charge is 0.507 e. The van der Waals surface area contributed by atoms with Crippen LogP contribution in [0.1, 0.15) is 54.4 Å². The van der Waals surface area contributed by atoms with Gasteiger partial charge in [-0.1, -0.05) is 28.9 Å². The first-order valence-electron chi connectivity index (χ1n) is 9.42. The highest BCUT2D eigenvalue weighted by atomic mass is 16.5. The van der Waals surface area contributed by atoms with Crippen molar-refractivity contribution >= 4 is 11.6 Å². The maximum Gasteiger partial charge on any atom is 0.195 e. The Bertz CT molecular complexity index is 743. The monoisotopic (exact) mass is 388 g/mol. The van der Waals surface area contributed by atoms with Gasteiger partial charge in [-0.2, -0.15) is 0 Å². The maximum absolute atomic E-state index is 13.4. The molecular weight excluding hydrogens is 356 g/mol. The number of hydrogen-bond donors (Lipinski definition) is 2. The molecule has 0 fully saturated rings. The van der Waals surface area contributed by atoms with Crippen LogP contribution in [0.4, 0.5) is 0 Å². The molecule has 0 spiro atoms. The summed E-state index contributed by atoms with van der Waals surface area (Å²) in [6, 6.07) is 0. The summed E-state index contributed by atoms with van der Waals surface area (Å²) in [5.74, 6) is -1.44. The normalized spacial score (nSPS) is 15.5. The average Bonchev–Trinajstić information content (AvgIpc) is 2.60. The van der Waals surface area contributed by atoms with Crippen LogP contribution in [0.15, 0.2) is 58.1 Å². The number of rotatable bonds is 9. The second kappa shape index (κ2) is 10.2. The van der Waals surface area contributed by atoms with Gasteiger partial charge in [0.15, 0.2) is 11.6 Å². The molecule has 0 aliphatic heterocycles. The first-order chi connectivity index (χ1) is 13.0. The minimum absolute atomic E-state index is 0.253. The van der Waals surface area contributed by atoms with Gasteiger partial charge < -0.3 is 14.9 Å². The second-order valence-electron chi connectivity index (χ2n) is 7.83. The lowest BCUT2D eigenvalue weighted by Gasteiger charge is -2.36. The van der Waals surface area contributed by atoms with Crippen molar-refractivity contribution in [2.45, 2.75) is 54.4 Å². The summed E-state index contributed by atoms with van der Waals surface area (Å²) in [5, 5.41) is 19.6. The van der Waals surface area contributed by atoms with E-state index in [4.69, 9.17) is 4.74 Å². The molecule has 1 aliphatic carbocycles. The van der Waals surface area contributed by atoms with E-state index in [1.165, 1.54) is 6.08 Å². The summed E-state index contributed by atoms with van der Waals surface area (Å²) in [6.07, 6.45) is 7.74. The van der Waals surface area contributed by atoms with Gasteiger partial charge in [-0.15, -0.1) is 0 Å². The summed E-state index contributed by atoms with van der Waals surface area (Å²) in [4.78, 5) is 25.6. The van der Waals surface area contributed by atoms with Gasteiger partial charge in [0, 0.05) is 6.08 Å². The van der Waals surface area contributed by atoms with E-state index in [1.54, 1.807) is 0 Å². The molecule has 28 heavy (non-hydrogen) atoms. The van der Waals surface area contributed by atoms with Gasteiger partial charge in [0.25, 0.3) is 0 Å². The van der Waals surface area contributed by atoms with E-state index in [1.807, 2.05) is 59.8 Å². The molecule has 0 aromatic rings. The molecule has 0 amide bonds. The number of ketones is 2. The number of aliphatic hydroxyl groups excluding tert-OH is 2. The number of carbonyl (C=O) groups excluding carboxylic acids is 2. The number of hydrogen-bond acceptors (Lipinski definition) is 5. The molecule has 5 heteroatoms. The molecule has 5 nitrogen and oxygen atoms in total. The van der Waals surface area contributed by atoms with Crippen LogP contribution in [0.3, 0.4) is 0 Å². The quantitative estimate of drug-likeness (QED) is 0.448. The summed E-state index contributed by atoms with van der Waals surface area (Å²) in [7, 11) is 0. The van der Waals surface area contributed by atoms with Crippen molar-refractivity contribution in [3.63, 3.8) is 0 Å². The zero-order valence-electron chi connectivity index (χ0n) is 17.8. The fraction of sp³-hybridized carbons (Fsp3) is 0.478. The lowest BCUT2D eigenvalue weighted by molar-refractivity contribution is -0.129. The molecule has 0 atom stereocenters. The summed E-state index contributed by atoms with van der Waals surface area (Å²) < 4.78 is 5.91. The van der Waals surface area contributed by atoms with Gasteiger partial charge in [0.05, 0.1) is 5.41 Å². The van der Waals surface area contributed by atoms with Crippen molar-refractivity contribution in [3.05, 3.63) is 58.1 Å². The minimum Gasteiger partial charge on any atom is -0.507 e. The molecular formula is C23H32O5. The van der Waals surface area contributed by atoms with Crippen LogP contribution in [0.5, 0.6) is 0 Å². The van der Waals surface area contributed by atoms with Crippen LogP contribution < -0.4 is 0 Å². The Morgan fingerprint density at radius 3 is 1.93 bits per heavy atom. The average molecular weight is 389 g/mol. The predicted octanol–water partition coefficient (Wildman–Crippen LogP) is 4.51. The lowest BCUT2D eigenvalue weighted by atomic mass is 9.69. The minimum atomic E-state index is -1.14. The molecule has 0 saturated carbocycles. The Kier molecular flexibility index (Phi) is 8.64. The highest BCUT2D eigenvalue weighted by molar-refractivity contribution is 6.24. The molecule has 1 rings (SSSR count). The van der Waals surface area contributed by atoms with E-state index < -0.39 is 29.3 Å². The van der Waals surface area contributed by atoms with Crippen molar-refractivity contribution in [2.75, 3.05) is 13.2 Å². The third kappa shape index (κ3) is 5.80. The van der Waals surface area contributed by atoms with Crippen molar-refractivity contribution in [2.24, 2.45) is 5.41 Å². The van der Waals surface area contributed by atoms with E-state index in [-0.39, 0.29) is 12.2 Å². The number of aliphatic hydroxyl groups is 2. The molecule has 1 aliphatic rings. The van der Waals surface area contributed by atoms with Crippen molar-refractivity contribution < 1.29 is 24.5 Å². The second-order valence-corrected chi connectivity index (χ2v) is 7.83. The van der Waals surface area contributed by atoms with Gasteiger partial charge in [-0.25, -0.2) is 0 Å². The molecule has 0 aromatic heterocycles. The molecule has 154 valence electrons. The van der Waals surface area contributed by atoms with Gasteiger partial charge >= 0.3 is 0 Å². The zero-order chi connectivity index (χ0) is 21.5. The van der Waals surface area contributed by atoms with E-state index in [2.05, 4.69) is 0 Å². The summed E-state index contributed by atoms with van der Waals surface area (Å²) in [6.45, 7) is 11.0. The summed E-state index contributed by atoms with van der Waals surface area (Å²) in [5.41, 5.74) is 1.62. The van der Waals surface area contributed by atoms with E-state index in [9.17, 15) is 19.8 Å². The topological polar surface area (TPSA) is 83.8 Å². The smallest absolute Gasteiger partial charge is 0.195 e. The Morgan fingerprint density at radius 2 is 1.50 bits per heavy atom. The van der Waals surface area contributed by atoms with Crippen LogP contribution in [0.2, 0.25) is 0 Å². The van der Waals surface area contributed by atoms with Gasteiger partial charge in [0.1, 0.15) is 30.3 Å². The van der Waals surface area contributed by atoms with Gasteiger partial charge in [0.2, 0.25) is 0 Å². The van der Waals surface area contributed by atoms with Crippen LogP contribution in [0, 0.1) is 5.41 Å². The van der Waals surface area contributed by atoms with E-state index >= 15 is 0 Å². The number of ether oxygens (including phenoxy) is 1. The van der Waals surface area contributed by atoms with Crippen LogP contribution in [-0.2, 0) is 14.3 Å². The molecule has 0 heterocycles. The van der Waals surface area contributed by atoms with Crippen molar-refractivity contribution in [3.8, 4) is 0 Å². The maximum atomic E-state index is 13.4. The Labute approximate surface area is 167 Å². The Morgan fingerprint density at radius 1 is 1.00 bits per heavy atom.